The van der Waals surface area contributed by atoms with Gasteiger partial charge in [-0.05, 0) is 67.6 Å². The van der Waals surface area contributed by atoms with Gasteiger partial charge in [0.25, 0.3) is 5.91 Å². The Bertz CT molecular complexity index is 1870. The number of pyridine rings is 1. The Balaban J connectivity index is 1.44. The van der Waals surface area contributed by atoms with Gasteiger partial charge in [0.2, 0.25) is 5.91 Å². The number of carbonyl (C=O) groups is 3. The van der Waals surface area contributed by atoms with Crippen molar-refractivity contribution in [1.82, 2.24) is 19.7 Å². The summed E-state index contributed by atoms with van der Waals surface area (Å²) < 4.78 is 59.0. The van der Waals surface area contributed by atoms with Gasteiger partial charge in [-0.1, -0.05) is 29.8 Å². The number of carboxylic acid groups (broad SMARTS) is 1. The summed E-state index contributed by atoms with van der Waals surface area (Å²) >= 11 is 6.42. The van der Waals surface area contributed by atoms with E-state index in [0.717, 1.165) is 10.7 Å². The maximum absolute atomic E-state index is 15.3. The van der Waals surface area contributed by atoms with Gasteiger partial charge in [0.1, 0.15) is 5.82 Å². The fraction of sp³-hybridized carbons (Fsp3) is 0.303. The molecule has 0 saturated heterocycles. The molecule has 1 fully saturated rings. The van der Waals surface area contributed by atoms with Crippen molar-refractivity contribution in [3.8, 4) is 11.3 Å². The van der Waals surface area contributed by atoms with E-state index in [1.165, 1.54) is 35.2 Å². The summed E-state index contributed by atoms with van der Waals surface area (Å²) in [6, 6.07) is 12.5. The van der Waals surface area contributed by atoms with Crippen LogP contribution in [0.15, 0.2) is 60.8 Å². The van der Waals surface area contributed by atoms with Crippen LogP contribution in [0.3, 0.4) is 0 Å². The summed E-state index contributed by atoms with van der Waals surface area (Å²) in [4.78, 5) is 45.0. The number of carbonyl (C=O) groups excluding carboxylic acids is 2. The van der Waals surface area contributed by atoms with Gasteiger partial charge >= 0.3 is 12.1 Å². The molecule has 1 unspecified atom stereocenters. The molecule has 2 aliphatic carbocycles. The molecule has 2 heterocycles. The molecule has 0 spiro atoms. The molecule has 8 nitrogen and oxygen atoms in total. The van der Waals surface area contributed by atoms with Crippen molar-refractivity contribution < 1.29 is 37.1 Å². The molecule has 0 bridgehead atoms. The molecule has 0 radical (unpaired) electrons. The molecule has 1 saturated carbocycles. The quantitative estimate of drug-likeness (QED) is 0.229. The number of rotatable bonds is 7. The summed E-state index contributed by atoms with van der Waals surface area (Å²) in [7, 11) is 1.63. The second kappa shape index (κ2) is 11.7. The lowest BCUT2D eigenvalue weighted by Gasteiger charge is -2.27. The minimum atomic E-state index is -4.63. The van der Waals surface area contributed by atoms with E-state index in [2.05, 4.69) is 10.1 Å². The average molecular weight is 655 g/mol. The van der Waals surface area contributed by atoms with Crippen LogP contribution in [0.2, 0.25) is 5.02 Å². The second-order valence-corrected chi connectivity index (χ2v) is 12.1. The molecule has 46 heavy (non-hydrogen) atoms. The zero-order chi connectivity index (χ0) is 33.0. The maximum atomic E-state index is 15.3. The normalized spacial score (nSPS) is 16.9. The van der Waals surface area contributed by atoms with Gasteiger partial charge in [-0.15, -0.1) is 0 Å². The number of carboxylic acids is 1. The molecule has 0 aliphatic heterocycles. The Morgan fingerprint density at radius 1 is 1.11 bits per heavy atom. The Morgan fingerprint density at radius 3 is 2.50 bits per heavy atom. The summed E-state index contributed by atoms with van der Waals surface area (Å²) in [5, 5.41) is 13.5. The standard InChI is InChI=1S/C33H27ClF4N4O4/c1-41(17-20-5-2-3-14-39-20)29(43)18-8-11-22-26(16-18)42(40-28(22)21-10-9-19(31(45)46)15-25(21)35)30(44)27-23(6-4-7-24(27)34)32(12-13-32)33(36,37)38/h2-7,9-10,14-15,18H,8,11-13,16-17H2,1H3,(H,45,46). The van der Waals surface area contributed by atoms with E-state index in [-0.39, 0.29) is 76.8 Å². The van der Waals surface area contributed by atoms with E-state index in [4.69, 9.17) is 11.6 Å². The summed E-state index contributed by atoms with van der Waals surface area (Å²) in [5.41, 5.74) is -1.84. The van der Waals surface area contributed by atoms with Crippen molar-refractivity contribution >= 4 is 29.4 Å². The first-order chi connectivity index (χ1) is 21.8. The van der Waals surface area contributed by atoms with Gasteiger partial charge in [0, 0.05) is 36.7 Å². The summed E-state index contributed by atoms with van der Waals surface area (Å²) in [6.07, 6.45) is -2.91. The lowest BCUT2D eigenvalue weighted by molar-refractivity contribution is -0.160. The van der Waals surface area contributed by atoms with E-state index >= 15 is 4.39 Å². The minimum Gasteiger partial charge on any atom is -0.478 e. The topological polar surface area (TPSA) is 105 Å². The van der Waals surface area contributed by atoms with Crippen molar-refractivity contribution in [3.63, 3.8) is 0 Å². The molecule has 238 valence electrons. The maximum Gasteiger partial charge on any atom is 0.398 e. The third kappa shape index (κ3) is 5.44. The van der Waals surface area contributed by atoms with Gasteiger partial charge in [-0.2, -0.15) is 23.0 Å². The number of nitrogens with zero attached hydrogens (tertiary/aromatic N) is 4. The molecule has 1 amide bonds. The highest BCUT2D eigenvalue weighted by atomic mass is 35.5. The monoisotopic (exact) mass is 654 g/mol. The zero-order valence-electron chi connectivity index (χ0n) is 24.4. The van der Waals surface area contributed by atoms with E-state index < -0.39 is 35.2 Å². The van der Waals surface area contributed by atoms with Crippen LogP contribution in [0.5, 0.6) is 0 Å². The van der Waals surface area contributed by atoms with Crippen molar-refractivity contribution in [2.75, 3.05) is 7.05 Å². The summed E-state index contributed by atoms with van der Waals surface area (Å²) in [5.74, 6) is -4.03. The van der Waals surface area contributed by atoms with Crippen LogP contribution in [-0.2, 0) is 29.6 Å². The van der Waals surface area contributed by atoms with E-state index in [1.807, 2.05) is 0 Å². The number of amides is 1. The minimum absolute atomic E-state index is 0.00149. The van der Waals surface area contributed by atoms with Crippen molar-refractivity contribution in [2.24, 2.45) is 5.92 Å². The predicted octanol–water partition coefficient (Wildman–Crippen LogP) is 6.48. The number of benzene rings is 2. The second-order valence-electron chi connectivity index (χ2n) is 11.7. The molecule has 1 N–H and O–H groups in total. The van der Waals surface area contributed by atoms with Crippen molar-refractivity contribution in [3.05, 3.63) is 105 Å². The Labute approximate surface area is 265 Å². The molecule has 2 aromatic carbocycles. The number of fused-ring (bicyclic) bond motifs is 1. The number of alkyl halides is 3. The highest BCUT2D eigenvalue weighted by Crippen LogP contribution is 2.60. The van der Waals surface area contributed by atoms with E-state index in [0.29, 0.717) is 17.7 Å². The fourth-order valence-electron chi connectivity index (χ4n) is 6.25. The van der Waals surface area contributed by atoms with Crippen LogP contribution in [0.25, 0.3) is 11.3 Å². The van der Waals surface area contributed by atoms with Gasteiger partial charge < -0.3 is 10.0 Å². The van der Waals surface area contributed by atoms with Crippen molar-refractivity contribution in [1.29, 1.82) is 0 Å². The molecule has 13 heteroatoms. The first-order valence-electron chi connectivity index (χ1n) is 14.5. The molecule has 6 rings (SSSR count). The molecular weight excluding hydrogens is 628 g/mol. The third-order valence-corrected chi connectivity index (χ3v) is 9.14. The third-order valence-electron chi connectivity index (χ3n) is 8.82. The van der Waals surface area contributed by atoms with Gasteiger partial charge in [-0.25, -0.2) is 9.18 Å². The van der Waals surface area contributed by atoms with E-state index in [1.54, 1.807) is 31.4 Å². The lowest BCUT2D eigenvalue weighted by atomic mass is 9.84. The molecule has 2 aliphatic rings. The van der Waals surface area contributed by atoms with Gasteiger partial charge in [0.05, 0.1) is 45.2 Å². The smallest absolute Gasteiger partial charge is 0.398 e. The Kier molecular flexibility index (Phi) is 7.95. The van der Waals surface area contributed by atoms with Crippen molar-refractivity contribution in [2.45, 2.75) is 50.2 Å². The Hall–Kier alpha value is -4.58. The number of aromatic nitrogens is 3. The number of hydrogen-bond acceptors (Lipinski definition) is 5. The fourth-order valence-corrected chi connectivity index (χ4v) is 6.50. The van der Waals surface area contributed by atoms with Crippen LogP contribution in [-0.4, -0.2) is 55.8 Å². The number of halogens is 5. The van der Waals surface area contributed by atoms with Gasteiger partial charge in [-0.3, -0.25) is 14.6 Å². The molecular formula is C33H27ClF4N4O4. The SMILES string of the molecule is CN(Cc1ccccn1)C(=O)C1CCc2c(-c3ccc(C(=O)O)cc3F)nn(C(=O)c3c(Cl)cccc3C3(C(F)(F)F)CC3)c2C1. The van der Waals surface area contributed by atoms with Gasteiger partial charge in [0.15, 0.2) is 0 Å². The first-order valence-corrected chi connectivity index (χ1v) is 14.9. The van der Waals surface area contributed by atoms with Crippen LogP contribution >= 0.6 is 11.6 Å². The van der Waals surface area contributed by atoms with Crippen LogP contribution in [0.4, 0.5) is 17.6 Å². The van der Waals surface area contributed by atoms with Crippen LogP contribution in [0.1, 0.15) is 62.5 Å². The first kappa shape index (κ1) is 31.4. The molecule has 2 aromatic heterocycles. The number of hydrogen-bond donors (Lipinski definition) is 1. The molecule has 4 aromatic rings. The van der Waals surface area contributed by atoms with E-state index in [9.17, 15) is 32.7 Å². The molecule has 1 atom stereocenters. The highest BCUT2D eigenvalue weighted by molar-refractivity contribution is 6.34. The lowest BCUT2D eigenvalue weighted by Crippen LogP contribution is -2.36. The van der Waals surface area contributed by atoms with Crippen LogP contribution in [0, 0.1) is 11.7 Å². The number of aromatic carboxylic acids is 1. The average Bonchev–Trinajstić information content (AvgIpc) is 3.77. The van der Waals surface area contributed by atoms with Crippen LogP contribution < -0.4 is 0 Å². The summed E-state index contributed by atoms with van der Waals surface area (Å²) in [6.45, 7) is 0.232. The zero-order valence-corrected chi connectivity index (χ0v) is 25.2. The highest BCUT2D eigenvalue weighted by Gasteiger charge is 2.65. The largest absolute Gasteiger partial charge is 0.478 e. The Morgan fingerprint density at radius 2 is 1.87 bits per heavy atom. The predicted molar refractivity (Wildman–Crippen MR) is 159 cm³/mol.